The van der Waals surface area contributed by atoms with E-state index in [2.05, 4.69) is 20.8 Å². The molecule has 3 aromatic rings. The maximum Gasteiger partial charge on any atom is 0.349 e. The first-order valence-electron chi connectivity index (χ1n) is 11.2. The van der Waals surface area contributed by atoms with Crippen molar-refractivity contribution < 1.29 is 28.6 Å². The van der Waals surface area contributed by atoms with Gasteiger partial charge in [-0.05, 0) is 46.9 Å². The van der Waals surface area contributed by atoms with Crippen LogP contribution < -0.4 is 14.2 Å². The average molecular weight is 471 g/mol. The molecule has 1 aliphatic rings. The van der Waals surface area contributed by atoms with Crippen LogP contribution in [0.2, 0.25) is 0 Å². The van der Waals surface area contributed by atoms with E-state index in [0.29, 0.717) is 22.4 Å². The highest BCUT2D eigenvalue weighted by Crippen LogP contribution is 2.32. The van der Waals surface area contributed by atoms with Gasteiger partial charge in [-0.3, -0.25) is 9.59 Å². The number of ketones is 2. The van der Waals surface area contributed by atoms with Crippen molar-refractivity contribution in [3.8, 4) is 17.2 Å². The van der Waals surface area contributed by atoms with E-state index in [0.717, 1.165) is 5.56 Å². The largest absolute Gasteiger partial charge is 0.493 e. The summed E-state index contributed by atoms with van der Waals surface area (Å²) in [6.45, 7) is 6.10. The molecule has 0 unspecified atom stereocenters. The highest BCUT2D eigenvalue weighted by molar-refractivity contribution is 6.41. The predicted molar refractivity (Wildman–Crippen MR) is 132 cm³/mol. The van der Waals surface area contributed by atoms with Crippen LogP contribution in [-0.4, -0.2) is 31.3 Å². The molecule has 1 aliphatic carbocycles. The normalized spacial score (nSPS) is 12.9. The van der Waals surface area contributed by atoms with Crippen molar-refractivity contribution in [1.82, 2.24) is 0 Å². The Morgan fingerprint density at radius 3 is 2.06 bits per heavy atom. The molecule has 0 aromatic heterocycles. The molecule has 0 atom stereocenters. The molecule has 0 saturated carbocycles. The molecule has 178 valence electrons. The molecule has 0 amide bonds. The lowest BCUT2D eigenvalue weighted by molar-refractivity contribution is -0.136. The first-order chi connectivity index (χ1) is 16.7. The van der Waals surface area contributed by atoms with Crippen LogP contribution in [0.3, 0.4) is 0 Å². The third-order valence-electron chi connectivity index (χ3n) is 5.71. The zero-order chi connectivity index (χ0) is 25.2. The number of benzene rings is 3. The number of fused-ring (bicyclic) bond motifs is 1. The molecule has 3 aromatic carbocycles. The Hall–Kier alpha value is -4.19. The number of carbonyl (C=O) groups is 3. The molecule has 0 N–H and O–H groups in total. The SMILES string of the molecule is COc1cc(C=C2C(=O)c3ccccc3C2=O)ccc1OC(=O)COc1ccc(C(C)(C)C)cc1. The number of allylic oxidation sites excluding steroid dienone is 1. The smallest absolute Gasteiger partial charge is 0.349 e. The Morgan fingerprint density at radius 2 is 1.49 bits per heavy atom. The van der Waals surface area contributed by atoms with Crippen molar-refractivity contribution >= 4 is 23.6 Å². The Morgan fingerprint density at radius 1 is 0.857 bits per heavy atom. The van der Waals surface area contributed by atoms with Crippen LogP contribution in [0.1, 0.15) is 52.6 Å². The number of esters is 1. The summed E-state index contributed by atoms with van der Waals surface area (Å²) in [6.07, 6.45) is 1.52. The topological polar surface area (TPSA) is 78.9 Å². The third-order valence-corrected chi connectivity index (χ3v) is 5.71. The van der Waals surface area contributed by atoms with Crippen LogP contribution in [0.15, 0.2) is 72.3 Å². The molecule has 6 heteroatoms. The van der Waals surface area contributed by atoms with Crippen molar-refractivity contribution in [3.63, 3.8) is 0 Å². The number of carbonyl (C=O) groups excluding carboxylic acids is 3. The summed E-state index contributed by atoms with van der Waals surface area (Å²) in [5.74, 6) is -0.154. The highest BCUT2D eigenvalue weighted by Gasteiger charge is 2.32. The van der Waals surface area contributed by atoms with E-state index in [1.807, 2.05) is 24.3 Å². The van der Waals surface area contributed by atoms with E-state index < -0.39 is 5.97 Å². The summed E-state index contributed by atoms with van der Waals surface area (Å²) in [5, 5.41) is 0. The van der Waals surface area contributed by atoms with E-state index in [-0.39, 0.29) is 40.7 Å². The van der Waals surface area contributed by atoms with E-state index in [1.165, 1.54) is 13.2 Å². The molecular weight excluding hydrogens is 444 g/mol. The van der Waals surface area contributed by atoms with Gasteiger partial charge in [0.1, 0.15) is 5.75 Å². The van der Waals surface area contributed by atoms with E-state index >= 15 is 0 Å². The number of hydrogen-bond acceptors (Lipinski definition) is 6. The van der Waals surface area contributed by atoms with Gasteiger partial charge in [-0.1, -0.05) is 63.2 Å². The highest BCUT2D eigenvalue weighted by atomic mass is 16.6. The molecule has 0 saturated heterocycles. The minimum Gasteiger partial charge on any atom is -0.493 e. The Kier molecular flexibility index (Phi) is 6.56. The lowest BCUT2D eigenvalue weighted by Crippen LogP contribution is -2.18. The fraction of sp³-hybridized carbons (Fsp3) is 0.207. The number of ether oxygens (including phenoxy) is 3. The lowest BCUT2D eigenvalue weighted by Gasteiger charge is -2.19. The Labute approximate surface area is 204 Å². The molecule has 0 radical (unpaired) electrons. The van der Waals surface area contributed by atoms with Crippen LogP contribution in [0.4, 0.5) is 0 Å². The minimum absolute atomic E-state index is 0.0262. The van der Waals surface area contributed by atoms with Crippen LogP contribution >= 0.6 is 0 Å². The average Bonchev–Trinajstić information content (AvgIpc) is 3.08. The Bertz CT molecular complexity index is 1290. The van der Waals surface area contributed by atoms with Gasteiger partial charge in [0.05, 0.1) is 12.7 Å². The monoisotopic (exact) mass is 470 g/mol. The second-order valence-corrected chi connectivity index (χ2v) is 9.21. The molecule has 6 nitrogen and oxygen atoms in total. The number of methoxy groups -OCH3 is 1. The van der Waals surface area contributed by atoms with Crippen molar-refractivity contribution in [2.75, 3.05) is 13.7 Å². The van der Waals surface area contributed by atoms with Crippen LogP contribution in [0.5, 0.6) is 17.2 Å². The van der Waals surface area contributed by atoms with Gasteiger partial charge in [-0.2, -0.15) is 0 Å². The summed E-state index contributed by atoms with van der Waals surface area (Å²) in [5.41, 5.74) is 2.64. The molecule has 0 fully saturated rings. The van der Waals surface area contributed by atoms with Crippen molar-refractivity contribution in [1.29, 1.82) is 0 Å². The molecular formula is C29H26O6. The van der Waals surface area contributed by atoms with Gasteiger partial charge in [-0.25, -0.2) is 4.79 Å². The summed E-state index contributed by atoms with van der Waals surface area (Å²) < 4.78 is 16.3. The maximum atomic E-state index is 12.6. The molecule has 0 bridgehead atoms. The molecule has 0 aliphatic heterocycles. The molecule has 35 heavy (non-hydrogen) atoms. The number of Topliss-reactive ketones (excluding diaryl/α,β-unsaturated/α-hetero) is 2. The first kappa shape index (κ1) is 24.0. The third kappa shape index (κ3) is 5.17. The zero-order valence-electron chi connectivity index (χ0n) is 20.1. The van der Waals surface area contributed by atoms with Gasteiger partial charge in [0.15, 0.2) is 29.7 Å². The van der Waals surface area contributed by atoms with Crippen LogP contribution in [0, 0.1) is 0 Å². The van der Waals surface area contributed by atoms with Crippen molar-refractivity contribution in [2.45, 2.75) is 26.2 Å². The minimum atomic E-state index is -0.592. The maximum absolute atomic E-state index is 12.6. The first-order valence-corrected chi connectivity index (χ1v) is 11.2. The number of hydrogen-bond donors (Lipinski definition) is 0. The molecule has 4 rings (SSSR count). The summed E-state index contributed by atoms with van der Waals surface area (Å²) in [6, 6.07) is 19.1. The van der Waals surface area contributed by atoms with Gasteiger partial charge < -0.3 is 14.2 Å². The summed E-state index contributed by atoms with van der Waals surface area (Å²) in [7, 11) is 1.44. The fourth-order valence-electron chi connectivity index (χ4n) is 3.77. The molecule has 0 spiro atoms. The van der Waals surface area contributed by atoms with Gasteiger partial charge in [0, 0.05) is 11.1 Å². The van der Waals surface area contributed by atoms with Gasteiger partial charge in [0.25, 0.3) is 0 Å². The quantitative estimate of drug-likeness (QED) is 0.207. The van der Waals surface area contributed by atoms with E-state index in [1.54, 1.807) is 42.5 Å². The lowest BCUT2D eigenvalue weighted by atomic mass is 9.87. The van der Waals surface area contributed by atoms with E-state index in [9.17, 15) is 14.4 Å². The van der Waals surface area contributed by atoms with Gasteiger partial charge in [0.2, 0.25) is 0 Å². The standard InChI is InChI=1S/C29H26O6/c1-29(2,3)19-10-12-20(13-11-19)34-17-26(30)35-24-14-9-18(16-25(24)33-4)15-23-27(31)21-7-5-6-8-22(21)28(23)32/h5-16H,17H2,1-4H3. The second kappa shape index (κ2) is 9.58. The van der Waals surface area contributed by atoms with Crippen LogP contribution in [0.25, 0.3) is 6.08 Å². The summed E-state index contributed by atoms with van der Waals surface area (Å²) in [4.78, 5) is 37.6. The van der Waals surface area contributed by atoms with Gasteiger partial charge >= 0.3 is 5.97 Å². The fourth-order valence-corrected chi connectivity index (χ4v) is 3.77. The Balaban J connectivity index is 1.43. The molecule has 0 heterocycles. The van der Waals surface area contributed by atoms with Crippen LogP contribution in [-0.2, 0) is 10.2 Å². The van der Waals surface area contributed by atoms with Crippen molar-refractivity contribution in [3.05, 3.63) is 94.6 Å². The predicted octanol–water partition coefficient (Wildman–Crippen LogP) is 5.44. The second-order valence-electron chi connectivity index (χ2n) is 9.21. The number of rotatable bonds is 6. The summed E-state index contributed by atoms with van der Waals surface area (Å²) >= 11 is 0. The van der Waals surface area contributed by atoms with Crippen molar-refractivity contribution in [2.24, 2.45) is 0 Å². The van der Waals surface area contributed by atoms with Gasteiger partial charge in [-0.15, -0.1) is 0 Å². The van der Waals surface area contributed by atoms with E-state index in [4.69, 9.17) is 14.2 Å². The zero-order valence-corrected chi connectivity index (χ0v) is 20.1.